The van der Waals surface area contributed by atoms with Gasteiger partial charge in [-0.1, -0.05) is 0 Å². The molecule has 2 rings (SSSR count). The van der Waals surface area contributed by atoms with Crippen molar-refractivity contribution in [3.63, 3.8) is 0 Å². The van der Waals surface area contributed by atoms with Crippen LogP contribution in [0.1, 0.15) is 28.8 Å². The van der Waals surface area contributed by atoms with E-state index in [0.29, 0.717) is 3.57 Å². The summed E-state index contributed by atoms with van der Waals surface area (Å²) >= 11 is 1.79. The van der Waals surface area contributed by atoms with E-state index in [9.17, 15) is 18.0 Å². The van der Waals surface area contributed by atoms with E-state index in [1.807, 2.05) is 0 Å². The van der Waals surface area contributed by atoms with Crippen molar-refractivity contribution in [1.82, 2.24) is 5.32 Å². The molecule has 1 fully saturated rings. The topological polar surface area (TPSA) is 29.1 Å². The molecule has 0 saturated heterocycles. The molecule has 0 radical (unpaired) electrons. The third kappa shape index (κ3) is 3.11. The van der Waals surface area contributed by atoms with Crippen molar-refractivity contribution in [2.75, 3.05) is 0 Å². The normalized spacial score (nSPS) is 15.8. The van der Waals surface area contributed by atoms with Crippen LogP contribution in [0.3, 0.4) is 0 Å². The first-order valence-corrected chi connectivity index (χ1v) is 6.13. The van der Waals surface area contributed by atoms with E-state index in [2.05, 4.69) is 5.32 Å². The number of amides is 1. The third-order valence-corrected chi connectivity index (χ3v) is 3.12. The smallest absolute Gasteiger partial charge is 0.349 e. The van der Waals surface area contributed by atoms with E-state index in [-0.39, 0.29) is 11.6 Å². The zero-order valence-electron chi connectivity index (χ0n) is 8.64. The second-order valence-electron chi connectivity index (χ2n) is 3.94. The number of rotatable bonds is 2. The van der Waals surface area contributed by atoms with Gasteiger partial charge in [-0.25, -0.2) is 0 Å². The number of halogens is 4. The lowest BCUT2D eigenvalue weighted by Gasteiger charge is -2.13. The Bertz CT molecular complexity index is 455. The fourth-order valence-corrected chi connectivity index (χ4v) is 1.93. The van der Waals surface area contributed by atoms with Crippen LogP contribution in [-0.4, -0.2) is 11.9 Å². The van der Waals surface area contributed by atoms with Crippen molar-refractivity contribution >= 4 is 28.5 Å². The zero-order valence-corrected chi connectivity index (χ0v) is 10.8. The Labute approximate surface area is 110 Å². The molecule has 1 aliphatic rings. The highest BCUT2D eigenvalue weighted by atomic mass is 127. The molecule has 0 aliphatic heterocycles. The average molecular weight is 355 g/mol. The molecule has 1 aliphatic carbocycles. The van der Waals surface area contributed by atoms with E-state index in [1.165, 1.54) is 12.1 Å². The summed E-state index contributed by atoms with van der Waals surface area (Å²) < 4.78 is 38.7. The number of carbonyl (C=O) groups is 1. The van der Waals surface area contributed by atoms with E-state index in [1.54, 1.807) is 22.6 Å². The van der Waals surface area contributed by atoms with Gasteiger partial charge in [-0.2, -0.15) is 13.2 Å². The first-order chi connectivity index (χ1) is 7.88. The van der Waals surface area contributed by atoms with Crippen LogP contribution in [0.2, 0.25) is 0 Å². The summed E-state index contributed by atoms with van der Waals surface area (Å²) in [7, 11) is 0. The molecule has 0 unspecified atom stereocenters. The molecule has 1 aromatic rings. The highest BCUT2D eigenvalue weighted by molar-refractivity contribution is 14.1. The van der Waals surface area contributed by atoms with Gasteiger partial charge in [-0.05, 0) is 53.6 Å². The summed E-state index contributed by atoms with van der Waals surface area (Å²) in [5.41, 5.74) is -1.17. The number of nitrogens with one attached hydrogen (secondary N) is 1. The number of hydrogen-bond donors (Lipinski definition) is 1. The molecule has 1 amide bonds. The Balaban J connectivity index is 2.34. The van der Waals surface area contributed by atoms with Gasteiger partial charge in [0.1, 0.15) is 0 Å². The summed E-state index contributed by atoms with van der Waals surface area (Å²) in [6, 6.07) is 3.75. The fraction of sp³-hybridized carbons (Fsp3) is 0.364. The van der Waals surface area contributed by atoms with Crippen molar-refractivity contribution in [2.24, 2.45) is 0 Å². The van der Waals surface area contributed by atoms with E-state index < -0.39 is 17.6 Å². The summed E-state index contributed by atoms with van der Waals surface area (Å²) in [4.78, 5) is 11.7. The fourth-order valence-electron chi connectivity index (χ4n) is 1.44. The van der Waals surface area contributed by atoms with Gasteiger partial charge in [0.2, 0.25) is 0 Å². The molecule has 0 atom stereocenters. The van der Waals surface area contributed by atoms with Gasteiger partial charge in [0.05, 0.1) is 11.1 Å². The van der Waals surface area contributed by atoms with Crippen LogP contribution in [0, 0.1) is 3.57 Å². The Hall–Kier alpha value is -0.790. The third-order valence-electron chi connectivity index (χ3n) is 2.44. The van der Waals surface area contributed by atoms with Crippen molar-refractivity contribution < 1.29 is 18.0 Å². The summed E-state index contributed by atoms with van der Waals surface area (Å²) in [6.07, 6.45) is -2.81. The lowest BCUT2D eigenvalue weighted by Crippen LogP contribution is -2.28. The number of benzene rings is 1. The minimum absolute atomic E-state index is 0.0443. The summed E-state index contributed by atoms with van der Waals surface area (Å²) in [5, 5.41) is 2.56. The van der Waals surface area contributed by atoms with Crippen molar-refractivity contribution in [2.45, 2.75) is 25.1 Å². The lowest BCUT2D eigenvalue weighted by atomic mass is 10.1. The first kappa shape index (κ1) is 12.7. The Kier molecular flexibility index (Phi) is 3.33. The molecule has 0 aromatic heterocycles. The molecule has 17 heavy (non-hydrogen) atoms. The predicted molar refractivity (Wildman–Crippen MR) is 64.6 cm³/mol. The average Bonchev–Trinajstić information content (AvgIpc) is 3.00. The van der Waals surface area contributed by atoms with Gasteiger partial charge >= 0.3 is 6.18 Å². The maximum absolute atomic E-state index is 12.8. The van der Waals surface area contributed by atoms with Gasteiger partial charge < -0.3 is 5.32 Å². The molecule has 1 N–H and O–H groups in total. The van der Waals surface area contributed by atoms with E-state index >= 15 is 0 Å². The Morgan fingerprint density at radius 1 is 1.35 bits per heavy atom. The van der Waals surface area contributed by atoms with Crippen LogP contribution >= 0.6 is 22.6 Å². The second-order valence-corrected chi connectivity index (χ2v) is 5.18. The van der Waals surface area contributed by atoms with Crippen LogP contribution in [0.15, 0.2) is 18.2 Å². The molecule has 92 valence electrons. The van der Waals surface area contributed by atoms with Gasteiger partial charge in [0.15, 0.2) is 0 Å². The maximum Gasteiger partial charge on any atom is 0.417 e. The summed E-state index contributed by atoms with van der Waals surface area (Å²) in [6.45, 7) is 0. The predicted octanol–water partition coefficient (Wildman–Crippen LogP) is 3.20. The van der Waals surface area contributed by atoms with Crippen LogP contribution in [0.5, 0.6) is 0 Å². The Morgan fingerprint density at radius 3 is 2.53 bits per heavy atom. The van der Waals surface area contributed by atoms with Crippen molar-refractivity contribution in [3.8, 4) is 0 Å². The first-order valence-electron chi connectivity index (χ1n) is 5.05. The van der Waals surface area contributed by atoms with Crippen LogP contribution < -0.4 is 5.32 Å². The number of hydrogen-bond acceptors (Lipinski definition) is 1. The van der Waals surface area contributed by atoms with Crippen molar-refractivity contribution in [1.29, 1.82) is 0 Å². The number of carbonyl (C=O) groups excluding carboxylic acids is 1. The van der Waals surface area contributed by atoms with Gasteiger partial charge in [-0.3, -0.25) is 4.79 Å². The maximum atomic E-state index is 12.8. The standard InChI is InChI=1S/C11H9F3INO/c12-11(13,14)9-5-6(15)1-4-8(9)10(17)16-7-2-3-7/h1,4-5,7H,2-3H2,(H,16,17). The quantitative estimate of drug-likeness (QED) is 0.812. The monoisotopic (exact) mass is 355 g/mol. The van der Waals surface area contributed by atoms with Crippen molar-refractivity contribution in [3.05, 3.63) is 32.9 Å². The lowest BCUT2D eigenvalue weighted by molar-refractivity contribution is -0.138. The molecule has 0 spiro atoms. The van der Waals surface area contributed by atoms with Gasteiger partial charge in [0.25, 0.3) is 5.91 Å². The van der Waals surface area contributed by atoms with Gasteiger partial charge in [0, 0.05) is 9.61 Å². The molecule has 1 aromatic carbocycles. The molecule has 1 saturated carbocycles. The van der Waals surface area contributed by atoms with Crippen LogP contribution in [0.25, 0.3) is 0 Å². The second kappa shape index (κ2) is 4.47. The van der Waals surface area contributed by atoms with Crippen LogP contribution in [-0.2, 0) is 6.18 Å². The number of alkyl halides is 3. The van der Waals surface area contributed by atoms with Gasteiger partial charge in [-0.15, -0.1) is 0 Å². The molecule has 2 nitrogen and oxygen atoms in total. The minimum atomic E-state index is -4.50. The highest BCUT2D eigenvalue weighted by Gasteiger charge is 2.36. The molecule has 0 bridgehead atoms. The molecule has 0 heterocycles. The molecular weight excluding hydrogens is 346 g/mol. The van der Waals surface area contributed by atoms with Crippen LogP contribution in [0.4, 0.5) is 13.2 Å². The summed E-state index contributed by atoms with van der Waals surface area (Å²) in [5.74, 6) is -0.642. The Morgan fingerprint density at radius 2 is 2.00 bits per heavy atom. The highest BCUT2D eigenvalue weighted by Crippen LogP contribution is 2.33. The molecular formula is C11H9F3INO. The zero-order chi connectivity index (χ0) is 12.6. The van der Waals surface area contributed by atoms with E-state index in [4.69, 9.17) is 0 Å². The SMILES string of the molecule is O=C(NC1CC1)c1ccc(I)cc1C(F)(F)F. The largest absolute Gasteiger partial charge is 0.417 e. The van der Waals surface area contributed by atoms with E-state index in [0.717, 1.165) is 18.9 Å². The molecule has 6 heteroatoms. The minimum Gasteiger partial charge on any atom is -0.349 e.